The number of hydrogen-bond acceptors (Lipinski definition) is 8. The van der Waals surface area contributed by atoms with Crippen LogP contribution in [0.5, 0.6) is 17.2 Å². The second-order valence-electron chi connectivity index (χ2n) is 9.75. The Kier molecular flexibility index (Phi) is 7.23. The number of benzene rings is 2. The van der Waals surface area contributed by atoms with Crippen molar-refractivity contribution in [3.63, 3.8) is 0 Å². The van der Waals surface area contributed by atoms with Crippen LogP contribution in [-0.2, 0) is 0 Å². The first kappa shape index (κ1) is 28.1. The minimum absolute atomic E-state index is 0.000993. The molecule has 44 heavy (non-hydrogen) atoms. The maximum Gasteiger partial charge on any atom is 0.417 e. The van der Waals surface area contributed by atoms with E-state index < -0.39 is 40.8 Å². The number of ether oxygens (including phenoxy) is 2. The maximum absolute atomic E-state index is 15.1. The third-order valence-corrected chi connectivity index (χ3v) is 6.47. The van der Waals surface area contributed by atoms with Gasteiger partial charge >= 0.3 is 17.3 Å². The van der Waals surface area contributed by atoms with Crippen molar-refractivity contribution in [2.45, 2.75) is 19.9 Å². The first-order valence-electron chi connectivity index (χ1n) is 13.2. The zero-order valence-corrected chi connectivity index (χ0v) is 23.1. The van der Waals surface area contributed by atoms with Crippen LogP contribution in [0.4, 0.5) is 19.3 Å². The molecule has 1 N–H and O–H groups in total. The van der Waals surface area contributed by atoms with E-state index >= 15 is 4.39 Å². The summed E-state index contributed by atoms with van der Waals surface area (Å²) in [5.74, 6) is -1.40. The molecule has 0 unspecified atom stereocenters. The van der Waals surface area contributed by atoms with Crippen molar-refractivity contribution in [3.05, 3.63) is 118 Å². The van der Waals surface area contributed by atoms with Crippen LogP contribution < -0.4 is 26.0 Å². The Labute approximate surface area is 246 Å². The SMILES string of the molecule is CC(C)n1cc(OC(=O)Nc2ccc(Oc3cc(-c4ncco4)cn4nccc34)c(F)c2)c(=O)n(-c2ccc(F)cc2)c1=O. The smallest absolute Gasteiger partial charge is 0.417 e. The van der Waals surface area contributed by atoms with Gasteiger partial charge in [0.1, 0.15) is 17.6 Å². The summed E-state index contributed by atoms with van der Waals surface area (Å²) in [7, 11) is 0. The van der Waals surface area contributed by atoms with Gasteiger partial charge in [-0.15, -0.1) is 0 Å². The van der Waals surface area contributed by atoms with E-state index in [0.717, 1.165) is 29.0 Å². The number of nitrogens with one attached hydrogen (secondary N) is 1. The molecule has 222 valence electrons. The van der Waals surface area contributed by atoms with Crippen molar-refractivity contribution in [1.82, 2.24) is 23.7 Å². The van der Waals surface area contributed by atoms with Gasteiger partial charge in [0.2, 0.25) is 11.6 Å². The molecule has 12 nitrogen and oxygen atoms in total. The van der Waals surface area contributed by atoms with E-state index in [1.807, 2.05) is 0 Å². The number of nitrogens with zero attached hydrogens (tertiary/aromatic N) is 5. The predicted molar refractivity (Wildman–Crippen MR) is 153 cm³/mol. The molecular weight excluding hydrogens is 578 g/mol. The van der Waals surface area contributed by atoms with Crippen LogP contribution in [0.25, 0.3) is 22.7 Å². The highest BCUT2D eigenvalue weighted by Crippen LogP contribution is 2.33. The van der Waals surface area contributed by atoms with Gasteiger partial charge in [-0.3, -0.25) is 14.7 Å². The lowest BCUT2D eigenvalue weighted by molar-refractivity contribution is 0.213. The summed E-state index contributed by atoms with van der Waals surface area (Å²) < 4.78 is 48.5. The van der Waals surface area contributed by atoms with E-state index in [4.69, 9.17) is 13.9 Å². The summed E-state index contributed by atoms with van der Waals surface area (Å²) >= 11 is 0. The normalized spacial score (nSPS) is 11.2. The second kappa shape index (κ2) is 11.3. The highest BCUT2D eigenvalue weighted by molar-refractivity contribution is 5.86. The molecule has 0 saturated heterocycles. The number of carbonyl (C=O) groups is 1. The quantitative estimate of drug-likeness (QED) is 0.252. The molecule has 0 aliphatic carbocycles. The summed E-state index contributed by atoms with van der Waals surface area (Å²) in [5, 5.41) is 6.56. The summed E-state index contributed by atoms with van der Waals surface area (Å²) in [6.07, 6.45) is 6.14. The van der Waals surface area contributed by atoms with Crippen LogP contribution in [0.1, 0.15) is 19.9 Å². The average molecular weight is 601 g/mol. The van der Waals surface area contributed by atoms with Crippen LogP contribution in [0.2, 0.25) is 0 Å². The van der Waals surface area contributed by atoms with E-state index in [9.17, 15) is 18.8 Å². The van der Waals surface area contributed by atoms with Crippen molar-refractivity contribution in [2.75, 3.05) is 5.32 Å². The minimum Gasteiger partial charge on any atom is -0.452 e. The molecule has 0 atom stereocenters. The van der Waals surface area contributed by atoms with Gasteiger partial charge in [-0.05, 0) is 62.4 Å². The number of rotatable bonds is 7. The summed E-state index contributed by atoms with van der Waals surface area (Å²) in [6, 6.07) is 11.3. The van der Waals surface area contributed by atoms with Crippen molar-refractivity contribution >= 4 is 17.3 Å². The van der Waals surface area contributed by atoms with Crippen molar-refractivity contribution in [3.8, 4) is 34.4 Å². The zero-order chi connectivity index (χ0) is 31.0. The highest BCUT2D eigenvalue weighted by Gasteiger charge is 2.19. The van der Waals surface area contributed by atoms with Gasteiger partial charge in [0.05, 0.1) is 29.8 Å². The molecule has 6 rings (SSSR count). The van der Waals surface area contributed by atoms with E-state index in [-0.39, 0.29) is 22.9 Å². The number of aromatic nitrogens is 5. The van der Waals surface area contributed by atoms with E-state index in [2.05, 4.69) is 15.4 Å². The van der Waals surface area contributed by atoms with Gasteiger partial charge in [-0.1, -0.05) is 0 Å². The Hall–Kier alpha value is -6.05. The molecule has 2 aromatic carbocycles. The Morgan fingerprint density at radius 3 is 2.45 bits per heavy atom. The number of anilines is 1. The first-order chi connectivity index (χ1) is 21.2. The van der Waals surface area contributed by atoms with Crippen molar-refractivity contribution in [2.24, 2.45) is 0 Å². The van der Waals surface area contributed by atoms with E-state index in [0.29, 0.717) is 17.0 Å². The number of halogens is 2. The fraction of sp³-hybridized carbons (Fsp3) is 0.100. The molecule has 0 saturated carbocycles. The first-order valence-corrected chi connectivity index (χ1v) is 13.2. The molecule has 0 aliphatic rings. The molecule has 0 radical (unpaired) electrons. The maximum atomic E-state index is 15.1. The zero-order valence-electron chi connectivity index (χ0n) is 23.1. The molecule has 4 aromatic heterocycles. The monoisotopic (exact) mass is 600 g/mol. The number of oxazole rings is 1. The molecule has 0 fully saturated rings. The Bertz CT molecular complexity index is 2120. The summed E-state index contributed by atoms with van der Waals surface area (Å²) in [6.45, 7) is 3.39. The summed E-state index contributed by atoms with van der Waals surface area (Å²) in [4.78, 5) is 43.0. The second-order valence-corrected chi connectivity index (χ2v) is 9.75. The average Bonchev–Trinajstić information content (AvgIpc) is 3.70. The van der Waals surface area contributed by atoms with Gasteiger partial charge in [0, 0.05) is 24.0 Å². The van der Waals surface area contributed by atoms with E-state index in [1.165, 1.54) is 45.8 Å². The number of pyridine rings is 1. The van der Waals surface area contributed by atoms with Crippen molar-refractivity contribution < 1.29 is 27.5 Å². The molecule has 0 bridgehead atoms. The number of amides is 1. The van der Waals surface area contributed by atoms with Gasteiger partial charge in [0.15, 0.2) is 17.3 Å². The molecule has 0 aliphatic heterocycles. The van der Waals surface area contributed by atoms with Gasteiger partial charge < -0.3 is 13.9 Å². The molecular formula is C30H22F2N6O6. The number of carbonyl (C=O) groups excluding carboxylic acids is 1. The molecule has 4 heterocycles. The van der Waals surface area contributed by atoms with E-state index in [1.54, 1.807) is 38.4 Å². The Morgan fingerprint density at radius 2 is 1.75 bits per heavy atom. The topological polar surface area (TPSA) is 135 Å². The lowest BCUT2D eigenvalue weighted by Gasteiger charge is -2.16. The number of hydrogen-bond donors (Lipinski definition) is 1. The van der Waals surface area contributed by atoms with Crippen LogP contribution in [-0.4, -0.2) is 29.8 Å². The Balaban J connectivity index is 1.24. The highest BCUT2D eigenvalue weighted by atomic mass is 19.1. The van der Waals surface area contributed by atoms with Crippen LogP contribution in [0, 0.1) is 11.6 Å². The molecule has 14 heteroatoms. The van der Waals surface area contributed by atoms with Crippen LogP contribution >= 0.6 is 0 Å². The van der Waals surface area contributed by atoms with Crippen LogP contribution in [0.15, 0.2) is 99.7 Å². The fourth-order valence-electron chi connectivity index (χ4n) is 4.39. The molecule has 6 aromatic rings. The van der Waals surface area contributed by atoms with Gasteiger partial charge in [0.25, 0.3) is 0 Å². The standard InChI is InChI=1S/C30H22F2N6O6/c1-17(2)36-16-26(28(39)38(30(36)41)21-6-3-19(31)4-7-21)44-29(40)35-20-5-8-24(22(32)14-20)43-25-13-18(27-33-11-12-42-27)15-37-23(25)9-10-34-37/h3-17H,1-2H3,(H,35,40). The third-order valence-electron chi connectivity index (χ3n) is 6.47. The largest absolute Gasteiger partial charge is 0.452 e. The lowest BCUT2D eigenvalue weighted by Crippen LogP contribution is -2.40. The Morgan fingerprint density at radius 1 is 0.955 bits per heavy atom. The van der Waals surface area contributed by atoms with Crippen LogP contribution in [0.3, 0.4) is 0 Å². The predicted octanol–water partition coefficient (Wildman–Crippen LogP) is 5.56. The number of fused-ring (bicyclic) bond motifs is 1. The third kappa shape index (κ3) is 5.43. The molecule has 0 spiro atoms. The fourth-order valence-corrected chi connectivity index (χ4v) is 4.39. The molecule has 1 amide bonds. The van der Waals surface area contributed by atoms with Gasteiger partial charge in [-0.2, -0.15) is 5.10 Å². The van der Waals surface area contributed by atoms with Crippen molar-refractivity contribution in [1.29, 1.82) is 0 Å². The lowest BCUT2D eigenvalue weighted by atomic mass is 10.2. The minimum atomic E-state index is -1.12. The summed E-state index contributed by atoms with van der Waals surface area (Å²) in [5.41, 5.74) is -0.468. The van der Waals surface area contributed by atoms with Gasteiger partial charge in [-0.25, -0.2) is 32.4 Å².